The number of rotatable bonds is 0. The highest BCUT2D eigenvalue weighted by Gasteiger charge is 2.05. The van der Waals surface area contributed by atoms with Crippen molar-refractivity contribution < 1.29 is 5.76 Å². The van der Waals surface area contributed by atoms with E-state index in [1.165, 1.54) is 0 Å². The molecule has 0 aliphatic heterocycles. The molecule has 0 atom stereocenters. The van der Waals surface area contributed by atoms with E-state index in [4.69, 9.17) is 1.37 Å². The highest BCUT2D eigenvalue weighted by Crippen LogP contribution is 2.19. The third-order valence-electron chi connectivity index (χ3n) is 2.16. The van der Waals surface area contributed by atoms with Crippen molar-refractivity contribution >= 4 is 0 Å². The lowest BCUT2D eigenvalue weighted by Crippen LogP contribution is -1.94. The normalized spacial score (nSPS) is 11.5. The smallest absolute Gasteiger partial charge is 0.129 e. The van der Waals surface area contributed by atoms with E-state index >= 15 is 0 Å². The first-order valence-electron chi connectivity index (χ1n) is 4.19. The summed E-state index contributed by atoms with van der Waals surface area (Å²) < 4.78 is 20.9. The van der Waals surface area contributed by atoms with E-state index in [1.54, 1.807) is 13.8 Å². The highest BCUT2D eigenvalue weighted by molar-refractivity contribution is 5.37. The van der Waals surface area contributed by atoms with E-state index in [0.29, 0.717) is 17.2 Å². The van der Waals surface area contributed by atoms with E-state index in [2.05, 4.69) is 0 Å². The molecule has 0 unspecified atom stereocenters. The highest BCUT2D eigenvalue weighted by atomic mass is 19.1. The van der Waals surface area contributed by atoms with Crippen molar-refractivity contribution in [2.24, 2.45) is 0 Å². The molecule has 0 aliphatic carbocycles. The minimum atomic E-state index is -0.233. The van der Waals surface area contributed by atoms with Gasteiger partial charge in [-0.05, 0) is 49.9 Å². The summed E-state index contributed by atoms with van der Waals surface area (Å²) in [5.74, 6) is -0.233. The average molecular weight is 153 g/mol. The maximum atomic E-state index is 13.3. The third-order valence-corrected chi connectivity index (χ3v) is 2.16. The number of hydrogen-bond acceptors (Lipinski definition) is 0. The van der Waals surface area contributed by atoms with Gasteiger partial charge in [0.05, 0.1) is 1.37 Å². The van der Waals surface area contributed by atoms with Gasteiger partial charge in [0.1, 0.15) is 5.82 Å². The molecular formula is C10H13F. The summed E-state index contributed by atoms with van der Waals surface area (Å²) in [7, 11) is 0. The SMILES string of the molecule is [2H]c1c(C)c(C)c(C)c(F)c1C. The van der Waals surface area contributed by atoms with Crippen LogP contribution in [0.1, 0.15) is 23.6 Å². The summed E-state index contributed by atoms with van der Waals surface area (Å²) in [6.45, 7) is 7.11. The van der Waals surface area contributed by atoms with Crippen molar-refractivity contribution in [1.29, 1.82) is 0 Å². The number of hydrogen-bond donors (Lipinski definition) is 0. The molecule has 0 aromatic heterocycles. The van der Waals surface area contributed by atoms with E-state index in [1.807, 2.05) is 13.8 Å². The summed E-state index contributed by atoms with van der Waals surface area (Å²) in [5, 5.41) is 0. The Morgan fingerprint density at radius 3 is 2.18 bits per heavy atom. The van der Waals surface area contributed by atoms with Gasteiger partial charge in [0.15, 0.2) is 0 Å². The topological polar surface area (TPSA) is 0 Å². The third kappa shape index (κ3) is 1.28. The standard InChI is InChI=1S/C10H13F/c1-6-5-7(2)10(11)9(4)8(6)3/h5H,1-4H3/i5D. The van der Waals surface area contributed by atoms with Crippen molar-refractivity contribution in [3.63, 3.8) is 0 Å². The molecule has 0 aliphatic rings. The quantitative estimate of drug-likeness (QED) is 0.537. The molecule has 0 saturated heterocycles. The Labute approximate surface area is 68.5 Å². The maximum absolute atomic E-state index is 13.3. The monoisotopic (exact) mass is 153 g/mol. The van der Waals surface area contributed by atoms with E-state index in [9.17, 15) is 4.39 Å². The lowest BCUT2D eigenvalue weighted by Gasteiger charge is -2.07. The van der Waals surface area contributed by atoms with E-state index in [0.717, 1.165) is 11.1 Å². The Balaban J connectivity index is 3.60. The molecular weight excluding hydrogens is 139 g/mol. The Kier molecular flexibility index (Phi) is 1.65. The van der Waals surface area contributed by atoms with Gasteiger partial charge in [0, 0.05) is 0 Å². The molecule has 0 heterocycles. The van der Waals surface area contributed by atoms with Gasteiger partial charge < -0.3 is 0 Å². The van der Waals surface area contributed by atoms with Gasteiger partial charge in [-0.1, -0.05) is 6.04 Å². The number of benzene rings is 1. The molecule has 60 valence electrons. The van der Waals surface area contributed by atoms with Crippen molar-refractivity contribution in [2.75, 3.05) is 0 Å². The van der Waals surface area contributed by atoms with Crippen LogP contribution in [0.4, 0.5) is 4.39 Å². The molecule has 1 aromatic carbocycles. The van der Waals surface area contributed by atoms with Crippen molar-refractivity contribution in [3.05, 3.63) is 34.1 Å². The molecule has 0 amide bonds. The first kappa shape index (κ1) is 6.84. The minimum Gasteiger partial charge on any atom is -0.206 e. The predicted molar refractivity (Wildman–Crippen MR) is 45.3 cm³/mol. The molecule has 11 heavy (non-hydrogen) atoms. The van der Waals surface area contributed by atoms with Gasteiger partial charge in [-0.3, -0.25) is 0 Å². The van der Waals surface area contributed by atoms with Crippen molar-refractivity contribution in [2.45, 2.75) is 27.7 Å². The van der Waals surface area contributed by atoms with Crippen LogP contribution in [0.25, 0.3) is 0 Å². The second kappa shape index (κ2) is 2.65. The Morgan fingerprint density at radius 2 is 1.64 bits per heavy atom. The molecule has 0 fully saturated rings. The van der Waals surface area contributed by atoms with Crippen LogP contribution < -0.4 is 0 Å². The van der Waals surface area contributed by atoms with Crippen LogP contribution in [0.3, 0.4) is 0 Å². The number of halogens is 1. The van der Waals surface area contributed by atoms with Crippen LogP contribution >= 0.6 is 0 Å². The first-order valence-corrected chi connectivity index (χ1v) is 3.69. The Hall–Kier alpha value is -0.850. The van der Waals surface area contributed by atoms with Gasteiger partial charge in [-0.15, -0.1) is 0 Å². The van der Waals surface area contributed by atoms with Crippen LogP contribution in [0.15, 0.2) is 6.04 Å². The van der Waals surface area contributed by atoms with Crippen LogP contribution in [0, 0.1) is 33.5 Å². The molecule has 0 spiro atoms. The molecule has 0 bridgehead atoms. The lowest BCUT2D eigenvalue weighted by molar-refractivity contribution is 0.607. The van der Waals surface area contributed by atoms with Gasteiger partial charge in [-0.25, -0.2) is 4.39 Å². The summed E-state index contributed by atoms with van der Waals surface area (Å²) in [6, 6.07) is 0.329. The average Bonchev–Trinajstić information content (AvgIpc) is 2.08. The minimum absolute atomic E-state index is 0.233. The molecule has 0 saturated carbocycles. The van der Waals surface area contributed by atoms with Crippen molar-refractivity contribution in [3.8, 4) is 0 Å². The van der Waals surface area contributed by atoms with Crippen LogP contribution in [-0.4, -0.2) is 0 Å². The fourth-order valence-corrected chi connectivity index (χ4v) is 1.16. The second-order valence-electron chi connectivity index (χ2n) is 2.94. The van der Waals surface area contributed by atoms with Gasteiger partial charge in [0.2, 0.25) is 0 Å². The fourth-order valence-electron chi connectivity index (χ4n) is 1.16. The van der Waals surface area contributed by atoms with Crippen LogP contribution in [0.5, 0.6) is 0 Å². The second-order valence-corrected chi connectivity index (χ2v) is 2.94. The molecule has 1 aromatic rings. The predicted octanol–water partition coefficient (Wildman–Crippen LogP) is 3.06. The molecule has 1 rings (SSSR count). The zero-order valence-electron chi connectivity index (χ0n) is 8.38. The fraction of sp³-hybridized carbons (Fsp3) is 0.400. The van der Waals surface area contributed by atoms with Crippen molar-refractivity contribution in [1.82, 2.24) is 0 Å². The largest absolute Gasteiger partial charge is 0.206 e. The summed E-state index contributed by atoms with van der Waals surface area (Å²) in [5.41, 5.74) is 2.89. The van der Waals surface area contributed by atoms with Gasteiger partial charge in [0.25, 0.3) is 0 Å². The Morgan fingerprint density at radius 1 is 1.09 bits per heavy atom. The summed E-state index contributed by atoms with van der Waals surface area (Å²) in [4.78, 5) is 0. The molecule has 0 radical (unpaired) electrons. The zero-order valence-corrected chi connectivity index (χ0v) is 7.38. The van der Waals surface area contributed by atoms with E-state index < -0.39 is 0 Å². The summed E-state index contributed by atoms with van der Waals surface area (Å²) in [6.07, 6.45) is 0. The van der Waals surface area contributed by atoms with E-state index in [-0.39, 0.29) is 5.82 Å². The van der Waals surface area contributed by atoms with Crippen LogP contribution in [-0.2, 0) is 0 Å². The van der Waals surface area contributed by atoms with Gasteiger partial charge >= 0.3 is 0 Å². The lowest BCUT2D eigenvalue weighted by atomic mass is 10.0. The summed E-state index contributed by atoms with van der Waals surface area (Å²) >= 11 is 0. The molecule has 0 N–H and O–H groups in total. The van der Waals surface area contributed by atoms with Gasteiger partial charge in [-0.2, -0.15) is 0 Å². The molecule has 0 nitrogen and oxygen atoms in total. The first-order chi connectivity index (χ1) is 5.46. The maximum Gasteiger partial charge on any atom is 0.129 e. The zero-order chi connectivity index (χ0) is 9.46. The molecule has 1 heteroatoms. The Bertz CT molecular complexity index is 224. The van der Waals surface area contributed by atoms with Crippen LogP contribution in [0.2, 0.25) is 0 Å².